The van der Waals surface area contributed by atoms with Crippen LogP contribution < -0.4 is 0 Å². The number of carbonyl (C=O) groups is 2. The molecule has 1 saturated heterocycles. The molecule has 1 aliphatic heterocycles. The number of aromatic nitrogens is 2. The van der Waals surface area contributed by atoms with Gasteiger partial charge in [-0.1, -0.05) is 23.2 Å². The molecule has 1 aromatic heterocycles. The zero-order chi connectivity index (χ0) is 25.4. The summed E-state index contributed by atoms with van der Waals surface area (Å²) in [6.07, 6.45) is -4.37. The molecular weight excluding hydrogens is 506 g/mol. The van der Waals surface area contributed by atoms with Crippen LogP contribution in [0, 0.1) is 24.7 Å². The van der Waals surface area contributed by atoms with E-state index in [0.29, 0.717) is 46.1 Å². The number of benzene rings is 2. The van der Waals surface area contributed by atoms with Crippen molar-refractivity contribution in [1.29, 1.82) is 0 Å². The Morgan fingerprint density at radius 1 is 1.17 bits per heavy atom. The molecule has 1 saturated carbocycles. The lowest BCUT2D eigenvalue weighted by atomic mass is 10.1. The molecule has 2 heterocycles. The first kappa shape index (κ1) is 23.9. The van der Waals surface area contributed by atoms with E-state index in [9.17, 15) is 27.9 Å². The maximum absolute atomic E-state index is 13.3. The summed E-state index contributed by atoms with van der Waals surface area (Å²) in [5.74, 6) is -1.16. The number of carbonyl (C=O) groups excluding carboxylic acids is 1. The Balaban J connectivity index is 1.45. The molecule has 3 aromatic rings. The fourth-order valence-electron chi connectivity index (χ4n) is 5.14. The van der Waals surface area contributed by atoms with E-state index in [2.05, 4.69) is 4.98 Å². The van der Waals surface area contributed by atoms with E-state index in [1.807, 2.05) is 0 Å². The molecule has 184 valence electrons. The number of hydrogen-bond acceptors (Lipinski definition) is 3. The van der Waals surface area contributed by atoms with Crippen molar-refractivity contribution < 1.29 is 27.9 Å². The minimum Gasteiger partial charge on any atom is -0.481 e. The number of rotatable bonds is 4. The highest BCUT2D eigenvalue weighted by Gasteiger charge is 2.60. The highest BCUT2D eigenvalue weighted by atomic mass is 35.5. The van der Waals surface area contributed by atoms with Crippen LogP contribution in [0.3, 0.4) is 0 Å². The molecule has 2 aliphatic rings. The number of fused-ring (bicyclic) bond motifs is 2. The van der Waals surface area contributed by atoms with Gasteiger partial charge in [0, 0.05) is 31.6 Å². The smallest absolute Gasteiger partial charge is 0.416 e. The number of aryl methyl sites for hydroxylation is 2. The van der Waals surface area contributed by atoms with E-state index in [1.54, 1.807) is 29.5 Å². The first-order valence-electron chi connectivity index (χ1n) is 10.9. The van der Waals surface area contributed by atoms with E-state index in [4.69, 9.17) is 23.2 Å². The molecule has 11 heteroatoms. The fraction of sp³-hybridized carbons (Fsp3) is 0.375. The molecule has 3 atom stereocenters. The second-order valence-electron chi connectivity index (χ2n) is 9.21. The molecule has 6 nitrogen and oxygen atoms in total. The highest BCUT2D eigenvalue weighted by molar-refractivity contribution is 6.38. The number of likely N-dealkylation sites (tertiary alicyclic amines) is 1. The van der Waals surface area contributed by atoms with Crippen molar-refractivity contribution in [1.82, 2.24) is 14.5 Å². The number of halogens is 5. The van der Waals surface area contributed by atoms with Crippen LogP contribution in [-0.4, -0.2) is 44.5 Å². The standard InChI is InChI=1S/C24H20Cl2F3N3O3/c1-10-5-11(24(27,28)29)6-17-21(10)30-18(31(17)2)7-13-16(25)4-3-12(20(13)26)22(33)32-8-14-15(9-32)19(14)23(34)35/h3-6,14-15,19H,7-9H2,1-2H3,(H,34,35)/t14-,15+,19?. The molecule has 0 spiro atoms. The number of carboxylic acid groups (broad SMARTS) is 1. The van der Waals surface area contributed by atoms with Crippen LogP contribution in [0.5, 0.6) is 0 Å². The number of hydrogen-bond donors (Lipinski definition) is 1. The number of amides is 1. The molecular formula is C24H20Cl2F3N3O3. The minimum absolute atomic E-state index is 0.0353. The van der Waals surface area contributed by atoms with Gasteiger partial charge >= 0.3 is 12.1 Å². The van der Waals surface area contributed by atoms with Crippen LogP contribution in [0.25, 0.3) is 11.0 Å². The van der Waals surface area contributed by atoms with Crippen LogP contribution in [0.2, 0.25) is 10.0 Å². The average Bonchev–Trinajstić information content (AvgIpc) is 3.11. The number of alkyl halides is 3. The molecule has 1 aliphatic carbocycles. The van der Waals surface area contributed by atoms with Gasteiger partial charge in [0.15, 0.2) is 0 Å². The summed E-state index contributed by atoms with van der Waals surface area (Å²) in [5.41, 5.74) is 1.10. The van der Waals surface area contributed by atoms with Crippen molar-refractivity contribution >= 4 is 46.1 Å². The lowest BCUT2D eigenvalue weighted by Gasteiger charge is -2.21. The van der Waals surface area contributed by atoms with E-state index in [-0.39, 0.29) is 34.7 Å². The van der Waals surface area contributed by atoms with Gasteiger partial charge in [0.1, 0.15) is 5.82 Å². The molecule has 1 unspecified atom stereocenters. The summed E-state index contributed by atoms with van der Waals surface area (Å²) >= 11 is 13.0. The number of aliphatic carboxylic acids is 1. The SMILES string of the molecule is Cc1cc(C(F)(F)F)cc2c1nc(Cc1c(Cl)ccc(C(=O)N3C[C@@H]4C(C(=O)O)[C@@H]4C3)c1Cl)n2C. The maximum atomic E-state index is 13.3. The molecule has 35 heavy (non-hydrogen) atoms. The van der Waals surface area contributed by atoms with Crippen LogP contribution in [0.4, 0.5) is 13.2 Å². The number of imidazole rings is 1. The van der Waals surface area contributed by atoms with E-state index in [1.165, 1.54) is 6.07 Å². The van der Waals surface area contributed by atoms with Gasteiger partial charge in [0.2, 0.25) is 0 Å². The van der Waals surface area contributed by atoms with Crippen molar-refractivity contribution in [3.63, 3.8) is 0 Å². The van der Waals surface area contributed by atoms with E-state index in [0.717, 1.165) is 12.1 Å². The van der Waals surface area contributed by atoms with Crippen LogP contribution >= 0.6 is 23.2 Å². The van der Waals surface area contributed by atoms with Crippen molar-refractivity contribution in [2.45, 2.75) is 19.5 Å². The second-order valence-corrected chi connectivity index (χ2v) is 10.00. The Morgan fingerprint density at radius 2 is 1.83 bits per heavy atom. The maximum Gasteiger partial charge on any atom is 0.416 e. The van der Waals surface area contributed by atoms with Gasteiger partial charge in [-0.2, -0.15) is 13.2 Å². The molecule has 0 radical (unpaired) electrons. The Kier molecular flexibility index (Phi) is 5.56. The Labute approximate surface area is 208 Å². The van der Waals surface area contributed by atoms with Gasteiger partial charge in [0.25, 0.3) is 5.91 Å². The Hall–Kier alpha value is -2.78. The average molecular weight is 526 g/mol. The zero-order valence-electron chi connectivity index (χ0n) is 18.7. The van der Waals surface area contributed by atoms with E-state index < -0.39 is 23.6 Å². The van der Waals surface area contributed by atoms with Crippen molar-refractivity contribution in [2.75, 3.05) is 13.1 Å². The Bertz CT molecular complexity index is 1390. The Morgan fingerprint density at radius 3 is 2.43 bits per heavy atom. The van der Waals surface area contributed by atoms with Gasteiger partial charge in [-0.3, -0.25) is 9.59 Å². The third-order valence-electron chi connectivity index (χ3n) is 7.11. The first-order chi connectivity index (χ1) is 16.4. The molecule has 5 rings (SSSR count). The summed E-state index contributed by atoms with van der Waals surface area (Å²) in [6.45, 7) is 2.30. The van der Waals surface area contributed by atoms with Crippen molar-refractivity contribution in [2.24, 2.45) is 24.8 Å². The van der Waals surface area contributed by atoms with Crippen molar-refractivity contribution in [3.05, 3.63) is 62.4 Å². The number of carboxylic acids is 1. The fourth-order valence-corrected chi connectivity index (χ4v) is 5.72. The number of nitrogens with zero attached hydrogens (tertiary/aromatic N) is 3. The number of piperidine rings is 1. The first-order valence-corrected chi connectivity index (χ1v) is 11.7. The van der Waals surface area contributed by atoms with Gasteiger partial charge < -0.3 is 14.6 Å². The largest absolute Gasteiger partial charge is 0.481 e. The predicted molar refractivity (Wildman–Crippen MR) is 124 cm³/mol. The quantitative estimate of drug-likeness (QED) is 0.507. The van der Waals surface area contributed by atoms with Crippen molar-refractivity contribution in [3.8, 4) is 0 Å². The molecule has 2 aromatic carbocycles. The highest BCUT2D eigenvalue weighted by Crippen LogP contribution is 2.52. The lowest BCUT2D eigenvalue weighted by molar-refractivity contribution is -0.139. The molecule has 1 amide bonds. The summed E-state index contributed by atoms with van der Waals surface area (Å²) in [7, 11) is 1.62. The monoisotopic (exact) mass is 525 g/mol. The van der Waals surface area contributed by atoms with Crippen LogP contribution in [0.15, 0.2) is 24.3 Å². The summed E-state index contributed by atoms with van der Waals surface area (Å²) in [6, 6.07) is 5.21. The summed E-state index contributed by atoms with van der Waals surface area (Å²) in [4.78, 5) is 30.5. The van der Waals surface area contributed by atoms with Gasteiger partial charge in [-0.15, -0.1) is 0 Å². The lowest BCUT2D eigenvalue weighted by Crippen LogP contribution is -2.32. The van der Waals surface area contributed by atoms with Gasteiger partial charge in [0.05, 0.1) is 33.1 Å². The minimum atomic E-state index is -4.48. The molecule has 0 bridgehead atoms. The summed E-state index contributed by atoms with van der Waals surface area (Å²) in [5, 5.41) is 9.65. The van der Waals surface area contributed by atoms with Gasteiger partial charge in [-0.05, 0) is 54.2 Å². The third-order valence-corrected chi connectivity index (χ3v) is 7.90. The van der Waals surface area contributed by atoms with Gasteiger partial charge in [-0.25, -0.2) is 4.98 Å². The van der Waals surface area contributed by atoms with Crippen LogP contribution in [-0.2, 0) is 24.4 Å². The topological polar surface area (TPSA) is 75.4 Å². The third kappa shape index (κ3) is 3.94. The van der Waals surface area contributed by atoms with E-state index >= 15 is 0 Å². The van der Waals surface area contributed by atoms with Crippen LogP contribution in [0.1, 0.15) is 32.9 Å². The molecule has 1 N–H and O–H groups in total. The summed E-state index contributed by atoms with van der Waals surface area (Å²) < 4.78 is 41.4. The predicted octanol–water partition coefficient (Wildman–Crippen LogP) is 5.20. The normalized spacial score (nSPS) is 21.5. The second kappa shape index (κ2) is 8.13. The zero-order valence-corrected chi connectivity index (χ0v) is 20.2. The molecule has 2 fully saturated rings.